The van der Waals surface area contributed by atoms with Crippen LogP contribution in [0.3, 0.4) is 0 Å². The van der Waals surface area contributed by atoms with E-state index in [1.54, 1.807) is 0 Å². The van der Waals surface area contributed by atoms with Crippen LogP contribution in [0.25, 0.3) is 0 Å². The van der Waals surface area contributed by atoms with Crippen molar-refractivity contribution < 1.29 is 19.8 Å². The fourth-order valence-electron chi connectivity index (χ4n) is 3.24. The monoisotopic (exact) mass is 415 g/mol. The maximum absolute atomic E-state index is 10.2. The lowest BCUT2D eigenvalue weighted by molar-refractivity contribution is -0.138. The summed E-state index contributed by atoms with van der Waals surface area (Å²) in [5.41, 5.74) is 5.40. The van der Waals surface area contributed by atoms with Crippen LogP contribution >= 0.6 is 0 Å². The second-order valence-electron chi connectivity index (χ2n) is 8.09. The van der Waals surface area contributed by atoms with Gasteiger partial charge >= 0.3 is 11.9 Å². The zero-order chi connectivity index (χ0) is 22.0. The van der Waals surface area contributed by atoms with Crippen LogP contribution in [0, 0.1) is 0 Å². The first kappa shape index (κ1) is 30.1. The van der Waals surface area contributed by atoms with Crippen molar-refractivity contribution in [2.75, 3.05) is 6.54 Å². The highest BCUT2D eigenvalue weighted by atomic mass is 16.4. The van der Waals surface area contributed by atoms with E-state index >= 15 is 0 Å². The van der Waals surface area contributed by atoms with E-state index in [0.29, 0.717) is 12.8 Å². The molecule has 0 spiro atoms. The van der Waals surface area contributed by atoms with Crippen molar-refractivity contribution >= 4 is 11.9 Å². The molecule has 0 aromatic rings. The van der Waals surface area contributed by atoms with Crippen molar-refractivity contribution in [3.63, 3.8) is 0 Å². The second kappa shape index (κ2) is 26.9. The molecule has 5 heteroatoms. The van der Waals surface area contributed by atoms with Gasteiger partial charge in [-0.3, -0.25) is 9.59 Å². The molecule has 0 heterocycles. The zero-order valence-corrected chi connectivity index (χ0v) is 19.1. The van der Waals surface area contributed by atoms with E-state index in [2.05, 4.69) is 6.92 Å². The highest BCUT2D eigenvalue weighted by Gasteiger charge is 1.97. The normalized spacial score (nSPS) is 10.4. The number of aliphatic carboxylic acids is 2. The molecule has 0 fully saturated rings. The first-order valence-electron chi connectivity index (χ1n) is 12.2. The molecule has 174 valence electrons. The molecule has 4 N–H and O–H groups in total. The van der Waals surface area contributed by atoms with Gasteiger partial charge < -0.3 is 15.9 Å². The standard InChI is InChI=1S/C12H25NO2.C12H24O2/c13-11-9-7-5-3-1-2-4-6-8-10-12(14)15;1-2-3-4-5-6-7-8-9-10-11-12(13)14/h1-11,13H2,(H,14,15);2-11H2,1H3,(H,13,14). The van der Waals surface area contributed by atoms with E-state index in [4.69, 9.17) is 15.9 Å². The van der Waals surface area contributed by atoms with E-state index in [1.807, 2.05) is 0 Å². The average molecular weight is 416 g/mol. The van der Waals surface area contributed by atoms with Crippen LogP contribution in [0.4, 0.5) is 0 Å². The van der Waals surface area contributed by atoms with Gasteiger partial charge in [-0.1, -0.05) is 103 Å². The van der Waals surface area contributed by atoms with Crippen LogP contribution in [-0.2, 0) is 9.59 Å². The molecule has 0 amide bonds. The third-order valence-corrected chi connectivity index (χ3v) is 5.09. The van der Waals surface area contributed by atoms with Gasteiger partial charge in [0.15, 0.2) is 0 Å². The minimum absolute atomic E-state index is 0.330. The van der Waals surface area contributed by atoms with Gasteiger partial charge in [-0.05, 0) is 25.8 Å². The average Bonchev–Trinajstić information content (AvgIpc) is 2.68. The molecule has 0 bridgehead atoms. The fourth-order valence-corrected chi connectivity index (χ4v) is 3.24. The van der Waals surface area contributed by atoms with E-state index in [0.717, 1.165) is 38.6 Å². The molecule has 29 heavy (non-hydrogen) atoms. The van der Waals surface area contributed by atoms with Crippen molar-refractivity contribution in [3.05, 3.63) is 0 Å². The summed E-state index contributed by atoms with van der Waals surface area (Å²) in [7, 11) is 0. The number of nitrogens with two attached hydrogens (primary N) is 1. The predicted octanol–water partition coefficient (Wildman–Crippen LogP) is 6.92. The number of carbonyl (C=O) groups is 2. The molecule has 5 nitrogen and oxygen atoms in total. The van der Waals surface area contributed by atoms with E-state index in [1.165, 1.54) is 83.5 Å². The Morgan fingerprint density at radius 3 is 1.07 bits per heavy atom. The maximum atomic E-state index is 10.2. The summed E-state index contributed by atoms with van der Waals surface area (Å²) in [5.74, 6) is -1.33. The van der Waals surface area contributed by atoms with Crippen molar-refractivity contribution in [2.24, 2.45) is 5.73 Å². The van der Waals surface area contributed by atoms with Crippen molar-refractivity contribution in [3.8, 4) is 0 Å². The highest BCUT2D eigenvalue weighted by molar-refractivity contribution is 5.66. The number of hydrogen-bond acceptors (Lipinski definition) is 3. The molecule has 0 rings (SSSR count). The largest absolute Gasteiger partial charge is 0.481 e. The molecule has 0 saturated heterocycles. The van der Waals surface area contributed by atoms with Gasteiger partial charge in [0.1, 0.15) is 0 Å². The minimum Gasteiger partial charge on any atom is -0.481 e. The van der Waals surface area contributed by atoms with Gasteiger partial charge in [-0.15, -0.1) is 0 Å². The zero-order valence-electron chi connectivity index (χ0n) is 19.1. The first-order valence-corrected chi connectivity index (χ1v) is 12.2. The van der Waals surface area contributed by atoms with Gasteiger partial charge in [-0.2, -0.15) is 0 Å². The molecule has 0 aromatic carbocycles. The quantitative estimate of drug-likeness (QED) is 0.177. The summed E-state index contributed by atoms with van der Waals surface area (Å²) in [4.78, 5) is 20.4. The third-order valence-electron chi connectivity index (χ3n) is 5.09. The Hall–Kier alpha value is -1.10. The topological polar surface area (TPSA) is 101 Å². The van der Waals surface area contributed by atoms with Gasteiger partial charge in [0.2, 0.25) is 0 Å². The molecule has 0 aliphatic carbocycles. The van der Waals surface area contributed by atoms with Gasteiger partial charge in [0.25, 0.3) is 0 Å². The van der Waals surface area contributed by atoms with E-state index < -0.39 is 11.9 Å². The number of hydrogen-bond donors (Lipinski definition) is 3. The Kier molecular flexibility index (Phi) is 27.9. The predicted molar refractivity (Wildman–Crippen MR) is 122 cm³/mol. The molecular formula is C24H49NO4. The summed E-state index contributed by atoms with van der Waals surface area (Å²) < 4.78 is 0. The number of unbranched alkanes of at least 4 members (excludes halogenated alkanes) is 16. The number of rotatable bonds is 21. The Morgan fingerprint density at radius 1 is 0.517 bits per heavy atom. The fraction of sp³-hybridized carbons (Fsp3) is 0.917. The van der Waals surface area contributed by atoms with Crippen LogP contribution in [0.1, 0.15) is 135 Å². The molecule has 0 aliphatic heterocycles. The second-order valence-corrected chi connectivity index (χ2v) is 8.09. The van der Waals surface area contributed by atoms with E-state index in [-0.39, 0.29) is 0 Å². The van der Waals surface area contributed by atoms with E-state index in [9.17, 15) is 9.59 Å². The lowest BCUT2D eigenvalue weighted by Crippen LogP contribution is -1.97. The Bertz CT molecular complexity index is 348. The third kappa shape index (κ3) is 34.8. The smallest absolute Gasteiger partial charge is 0.303 e. The Balaban J connectivity index is 0. The molecule has 0 aromatic heterocycles. The molecule has 0 atom stereocenters. The van der Waals surface area contributed by atoms with Gasteiger partial charge in [-0.25, -0.2) is 0 Å². The van der Waals surface area contributed by atoms with Crippen LogP contribution in [-0.4, -0.2) is 28.7 Å². The molecule has 0 radical (unpaired) electrons. The number of carboxylic acids is 2. The summed E-state index contributed by atoms with van der Waals surface area (Å²) >= 11 is 0. The lowest BCUT2D eigenvalue weighted by Gasteiger charge is -2.01. The minimum atomic E-state index is -0.670. The summed E-state index contributed by atoms with van der Waals surface area (Å²) in [6.07, 6.45) is 22.4. The van der Waals surface area contributed by atoms with Crippen LogP contribution in [0.2, 0.25) is 0 Å². The summed E-state index contributed by atoms with van der Waals surface area (Å²) in [6.45, 7) is 3.04. The van der Waals surface area contributed by atoms with Crippen molar-refractivity contribution in [2.45, 2.75) is 135 Å². The van der Waals surface area contributed by atoms with Crippen LogP contribution in [0.5, 0.6) is 0 Å². The SMILES string of the molecule is CCCCCCCCCCCC(=O)O.NCCCCCCCCCCCC(=O)O. The molecule has 0 saturated carbocycles. The van der Waals surface area contributed by atoms with Gasteiger partial charge in [0.05, 0.1) is 0 Å². The summed E-state index contributed by atoms with van der Waals surface area (Å²) in [6, 6.07) is 0. The lowest BCUT2D eigenvalue weighted by atomic mass is 10.1. The maximum Gasteiger partial charge on any atom is 0.303 e. The molecule has 0 unspecified atom stereocenters. The highest BCUT2D eigenvalue weighted by Crippen LogP contribution is 2.11. The summed E-state index contributed by atoms with van der Waals surface area (Å²) in [5, 5.41) is 16.8. The molecule has 0 aliphatic rings. The molecular weight excluding hydrogens is 366 g/mol. The van der Waals surface area contributed by atoms with Crippen molar-refractivity contribution in [1.29, 1.82) is 0 Å². The first-order chi connectivity index (χ1) is 14.0. The van der Waals surface area contributed by atoms with Crippen LogP contribution < -0.4 is 5.73 Å². The number of carboxylic acid groups (broad SMARTS) is 2. The van der Waals surface area contributed by atoms with Crippen LogP contribution in [0.15, 0.2) is 0 Å². The Morgan fingerprint density at radius 2 is 0.793 bits per heavy atom. The Labute approximate surface area is 179 Å². The van der Waals surface area contributed by atoms with Gasteiger partial charge in [0, 0.05) is 12.8 Å². The van der Waals surface area contributed by atoms with Crippen molar-refractivity contribution in [1.82, 2.24) is 0 Å².